The Morgan fingerprint density at radius 3 is 2.42 bits per heavy atom. The van der Waals surface area contributed by atoms with Gasteiger partial charge in [0.25, 0.3) is 5.91 Å². The number of likely N-dealkylation sites (tertiary alicyclic amines) is 1. The number of halogens is 1. The maximum absolute atomic E-state index is 12.8. The molecule has 4 heteroatoms. The van der Waals surface area contributed by atoms with Gasteiger partial charge >= 0.3 is 0 Å². The quantitative estimate of drug-likeness (QED) is 0.604. The van der Waals surface area contributed by atoms with Gasteiger partial charge in [-0.15, -0.1) is 0 Å². The van der Waals surface area contributed by atoms with Gasteiger partial charge in [-0.3, -0.25) is 4.79 Å². The van der Waals surface area contributed by atoms with Crippen LogP contribution in [0.1, 0.15) is 24.8 Å². The van der Waals surface area contributed by atoms with Crippen LogP contribution in [-0.2, 0) is 4.79 Å². The van der Waals surface area contributed by atoms with E-state index < -0.39 is 0 Å². The van der Waals surface area contributed by atoms with Gasteiger partial charge in [-0.1, -0.05) is 12.1 Å². The monoisotopic (exact) mass is 258 g/mol. The highest BCUT2D eigenvalue weighted by molar-refractivity contribution is 6.01. The Hall–Kier alpha value is -2.15. The van der Waals surface area contributed by atoms with Crippen molar-refractivity contribution in [3.05, 3.63) is 41.2 Å². The number of hydrogen-bond donors (Lipinski definition) is 0. The predicted molar refractivity (Wildman–Crippen MR) is 70.4 cm³/mol. The van der Waals surface area contributed by atoms with Crippen molar-refractivity contribution in [3.63, 3.8) is 0 Å². The van der Waals surface area contributed by atoms with Crippen LogP contribution in [0.25, 0.3) is 6.08 Å². The van der Waals surface area contributed by atoms with Crippen LogP contribution >= 0.6 is 0 Å². The second kappa shape index (κ2) is 6.14. The highest BCUT2D eigenvalue weighted by Gasteiger charge is 2.19. The first-order valence-electron chi connectivity index (χ1n) is 6.37. The molecule has 1 aliphatic rings. The van der Waals surface area contributed by atoms with Gasteiger partial charge in [-0.25, -0.2) is 4.39 Å². The molecule has 0 spiro atoms. The predicted octanol–water partition coefficient (Wildman–Crippen LogP) is 2.75. The van der Waals surface area contributed by atoms with Gasteiger partial charge in [0.05, 0.1) is 0 Å². The Morgan fingerprint density at radius 2 is 1.84 bits per heavy atom. The zero-order chi connectivity index (χ0) is 13.7. The molecule has 0 N–H and O–H groups in total. The largest absolute Gasteiger partial charge is 0.338 e. The summed E-state index contributed by atoms with van der Waals surface area (Å²) in [4.78, 5) is 13.9. The lowest BCUT2D eigenvalue weighted by Crippen LogP contribution is -2.36. The van der Waals surface area contributed by atoms with Gasteiger partial charge < -0.3 is 4.90 Å². The summed E-state index contributed by atoms with van der Waals surface area (Å²) in [7, 11) is 0. The Morgan fingerprint density at radius 1 is 1.21 bits per heavy atom. The summed E-state index contributed by atoms with van der Waals surface area (Å²) >= 11 is 0. The van der Waals surface area contributed by atoms with Gasteiger partial charge in [0.2, 0.25) is 0 Å². The van der Waals surface area contributed by atoms with Gasteiger partial charge in [-0.2, -0.15) is 5.26 Å². The third kappa shape index (κ3) is 3.41. The third-order valence-corrected chi connectivity index (χ3v) is 3.18. The van der Waals surface area contributed by atoms with Crippen LogP contribution in [0.15, 0.2) is 29.8 Å². The molecule has 0 unspecified atom stereocenters. The van der Waals surface area contributed by atoms with Crippen molar-refractivity contribution in [3.8, 4) is 6.07 Å². The SMILES string of the molecule is N#C/C(=C\c1ccc(F)cc1)C(=O)N1CCCCC1. The Kier molecular flexibility index (Phi) is 4.30. The Bertz CT molecular complexity index is 522. The minimum atomic E-state index is -0.335. The molecule has 1 fully saturated rings. The molecule has 0 radical (unpaired) electrons. The smallest absolute Gasteiger partial charge is 0.264 e. The number of piperidine rings is 1. The van der Waals surface area contributed by atoms with E-state index in [9.17, 15) is 9.18 Å². The highest BCUT2D eigenvalue weighted by atomic mass is 19.1. The minimum Gasteiger partial charge on any atom is -0.338 e. The fourth-order valence-electron chi connectivity index (χ4n) is 2.13. The molecular formula is C15H15FN2O. The molecule has 3 nitrogen and oxygen atoms in total. The van der Waals surface area contributed by atoms with E-state index in [4.69, 9.17) is 5.26 Å². The van der Waals surface area contributed by atoms with Crippen LogP contribution in [0.3, 0.4) is 0 Å². The molecule has 1 saturated heterocycles. The summed E-state index contributed by atoms with van der Waals surface area (Å²) in [6.45, 7) is 1.42. The van der Waals surface area contributed by atoms with Crippen molar-refractivity contribution in [2.24, 2.45) is 0 Å². The number of benzene rings is 1. The fraction of sp³-hybridized carbons (Fsp3) is 0.333. The van der Waals surface area contributed by atoms with Gasteiger partial charge in [0, 0.05) is 13.1 Å². The van der Waals surface area contributed by atoms with Crippen molar-refractivity contribution in [1.82, 2.24) is 4.90 Å². The van der Waals surface area contributed by atoms with Crippen LogP contribution in [0.4, 0.5) is 4.39 Å². The van der Waals surface area contributed by atoms with Crippen molar-refractivity contribution in [2.75, 3.05) is 13.1 Å². The molecule has 1 aliphatic heterocycles. The van der Waals surface area contributed by atoms with Crippen LogP contribution < -0.4 is 0 Å². The maximum Gasteiger partial charge on any atom is 0.264 e. The standard InChI is InChI=1S/C15H15FN2O/c16-14-6-4-12(5-7-14)10-13(11-17)15(19)18-8-2-1-3-9-18/h4-7,10H,1-3,8-9H2/b13-10+. The van der Waals surface area contributed by atoms with Crippen molar-refractivity contribution in [2.45, 2.75) is 19.3 Å². The summed E-state index contributed by atoms with van der Waals surface area (Å²) in [5, 5.41) is 9.10. The number of carbonyl (C=O) groups excluding carboxylic acids is 1. The molecule has 0 aromatic heterocycles. The molecular weight excluding hydrogens is 243 g/mol. The Labute approximate surface area is 111 Å². The van der Waals surface area contributed by atoms with E-state index in [1.54, 1.807) is 17.0 Å². The molecule has 2 rings (SSSR count). The zero-order valence-electron chi connectivity index (χ0n) is 10.6. The summed E-state index contributed by atoms with van der Waals surface area (Å²) < 4.78 is 12.8. The summed E-state index contributed by atoms with van der Waals surface area (Å²) in [5.74, 6) is -0.565. The summed E-state index contributed by atoms with van der Waals surface area (Å²) in [6.07, 6.45) is 4.62. The average molecular weight is 258 g/mol. The van der Waals surface area contributed by atoms with Crippen LogP contribution in [0.2, 0.25) is 0 Å². The average Bonchev–Trinajstić information content (AvgIpc) is 2.47. The van der Waals surface area contributed by atoms with E-state index in [-0.39, 0.29) is 17.3 Å². The maximum atomic E-state index is 12.8. The molecule has 0 saturated carbocycles. The first-order valence-corrected chi connectivity index (χ1v) is 6.37. The van der Waals surface area contributed by atoms with E-state index in [1.165, 1.54) is 18.2 Å². The van der Waals surface area contributed by atoms with Crippen molar-refractivity contribution >= 4 is 12.0 Å². The highest BCUT2D eigenvalue weighted by Crippen LogP contribution is 2.14. The van der Waals surface area contributed by atoms with E-state index in [0.29, 0.717) is 18.7 Å². The van der Waals surface area contributed by atoms with E-state index in [1.807, 2.05) is 6.07 Å². The van der Waals surface area contributed by atoms with E-state index in [2.05, 4.69) is 0 Å². The number of amides is 1. The number of nitrogens with zero attached hydrogens (tertiary/aromatic N) is 2. The van der Waals surface area contributed by atoms with Gasteiger partial charge in [0.15, 0.2) is 0 Å². The lowest BCUT2D eigenvalue weighted by molar-refractivity contribution is -0.127. The number of hydrogen-bond acceptors (Lipinski definition) is 2. The lowest BCUT2D eigenvalue weighted by atomic mass is 10.1. The molecule has 98 valence electrons. The van der Waals surface area contributed by atoms with Crippen LogP contribution in [0.5, 0.6) is 0 Å². The number of rotatable bonds is 2. The van der Waals surface area contributed by atoms with E-state index >= 15 is 0 Å². The molecule has 1 heterocycles. The van der Waals surface area contributed by atoms with Crippen LogP contribution in [0, 0.1) is 17.1 Å². The second-order valence-electron chi connectivity index (χ2n) is 4.57. The van der Waals surface area contributed by atoms with Gasteiger partial charge in [0.1, 0.15) is 17.5 Å². The minimum absolute atomic E-state index is 0.105. The molecule has 0 bridgehead atoms. The first-order chi connectivity index (χ1) is 9.20. The lowest BCUT2D eigenvalue weighted by Gasteiger charge is -2.26. The van der Waals surface area contributed by atoms with E-state index in [0.717, 1.165) is 19.3 Å². The van der Waals surface area contributed by atoms with Crippen LogP contribution in [-0.4, -0.2) is 23.9 Å². The third-order valence-electron chi connectivity index (χ3n) is 3.18. The fourth-order valence-corrected chi connectivity index (χ4v) is 2.13. The number of carbonyl (C=O) groups is 1. The molecule has 0 atom stereocenters. The molecule has 19 heavy (non-hydrogen) atoms. The summed E-state index contributed by atoms with van der Waals surface area (Å²) in [6, 6.07) is 7.67. The zero-order valence-corrected chi connectivity index (χ0v) is 10.6. The van der Waals surface area contributed by atoms with Crippen molar-refractivity contribution in [1.29, 1.82) is 5.26 Å². The second-order valence-corrected chi connectivity index (χ2v) is 4.57. The molecule has 1 aromatic rings. The molecule has 0 aliphatic carbocycles. The number of nitriles is 1. The molecule has 1 aromatic carbocycles. The Balaban J connectivity index is 2.17. The van der Waals surface area contributed by atoms with Gasteiger partial charge in [-0.05, 0) is 43.0 Å². The topological polar surface area (TPSA) is 44.1 Å². The molecule has 1 amide bonds. The summed E-state index contributed by atoms with van der Waals surface area (Å²) in [5.41, 5.74) is 0.761. The van der Waals surface area contributed by atoms with Crippen molar-refractivity contribution < 1.29 is 9.18 Å². The first kappa shape index (κ1) is 13.3. The normalized spacial score (nSPS) is 16.0.